The fourth-order valence-corrected chi connectivity index (χ4v) is 1.14. The number of hydrogen-bond acceptors (Lipinski definition) is 2. The van der Waals surface area contributed by atoms with E-state index in [2.05, 4.69) is 15.0 Å². The summed E-state index contributed by atoms with van der Waals surface area (Å²) in [4.78, 5) is 9.28. The van der Waals surface area contributed by atoms with E-state index in [4.69, 9.17) is 0 Å². The molecule has 0 bridgehead atoms. The van der Waals surface area contributed by atoms with Crippen LogP contribution in [0.5, 0.6) is 0 Å². The van der Waals surface area contributed by atoms with Gasteiger partial charge in [0.1, 0.15) is 0 Å². The average Bonchev–Trinajstić information content (AvgIpc) is 2.45. The predicted octanol–water partition coefficient (Wildman–Crippen LogP) is 2.29. The Kier molecular flexibility index (Phi) is 1.73. The first-order chi connectivity index (χ1) is 6.47. The second-order valence-corrected chi connectivity index (χ2v) is 2.97. The number of fused-ring (bicyclic) bond motifs is 1. The molecular weight excluding hydrogens is 195 g/mol. The Labute approximate surface area is 77.0 Å². The van der Waals surface area contributed by atoms with Crippen LogP contribution in [0.1, 0.15) is 11.4 Å². The molecule has 0 aliphatic rings. The Morgan fingerprint density at radius 1 is 1.36 bits per heavy atom. The molecule has 0 fully saturated rings. The third-order valence-corrected chi connectivity index (χ3v) is 1.74. The van der Waals surface area contributed by atoms with Crippen molar-refractivity contribution in [3.05, 3.63) is 23.7 Å². The zero-order chi connectivity index (χ0) is 10.3. The van der Waals surface area contributed by atoms with Crippen molar-refractivity contribution in [1.29, 1.82) is 0 Å². The van der Waals surface area contributed by atoms with Crippen LogP contribution in [0, 0.1) is 6.92 Å². The number of rotatable bonds is 0. The molecule has 0 amide bonds. The number of pyridine rings is 1. The van der Waals surface area contributed by atoms with Gasteiger partial charge in [-0.05, 0) is 18.6 Å². The van der Waals surface area contributed by atoms with Crippen LogP contribution in [-0.4, -0.2) is 15.0 Å². The Hall–Kier alpha value is -1.59. The molecule has 0 unspecified atom stereocenters. The summed E-state index contributed by atoms with van der Waals surface area (Å²) in [6.45, 7) is 1.75. The minimum atomic E-state index is -4.45. The van der Waals surface area contributed by atoms with Crippen molar-refractivity contribution >= 4 is 11.2 Å². The topological polar surface area (TPSA) is 41.6 Å². The fraction of sp³-hybridized carbons (Fsp3) is 0.250. The number of halogens is 3. The lowest BCUT2D eigenvalue weighted by atomic mass is 10.3. The third kappa shape index (κ3) is 1.43. The largest absolute Gasteiger partial charge is 0.449 e. The molecule has 1 N–H and O–H groups in total. The van der Waals surface area contributed by atoms with Gasteiger partial charge < -0.3 is 4.98 Å². The number of aryl methyl sites for hydroxylation is 1. The second kappa shape index (κ2) is 2.70. The Morgan fingerprint density at radius 3 is 2.71 bits per heavy atom. The van der Waals surface area contributed by atoms with Crippen molar-refractivity contribution in [2.75, 3.05) is 0 Å². The molecule has 3 nitrogen and oxygen atoms in total. The van der Waals surface area contributed by atoms with Crippen LogP contribution in [-0.2, 0) is 6.18 Å². The van der Waals surface area contributed by atoms with E-state index in [-0.39, 0.29) is 5.65 Å². The number of alkyl halides is 3. The quantitative estimate of drug-likeness (QED) is 0.710. The molecule has 2 rings (SSSR count). The molecule has 2 aromatic rings. The van der Waals surface area contributed by atoms with Crippen molar-refractivity contribution < 1.29 is 13.2 Å². The van der Waals surface area contributed by atoms with E-state index >= 15 is 0 Å². The van der Waals surface area contributed by atoms with Gasteiger partial charge in [-0.3, -0.25) is 0 Å². The van der Waals surface area contributed by atoms with Crippen LogP contribution < -0.4 is 0 Å². The molecular formula is C8H6F3N3. The lowest BCUT2D eigenvalue weighted by molar-refractivity contribution is -0.144. The SMILES string of the molecule is Cc1cnc2nc(C(F)(F)F)[nH]c2c1. The highest BCUT2D eigenvalue weighted by atomic mass is 19.4. The normalized spacial score (nSPS) is 12.3. The van der Waals surface area contributed by atoms with Crippen LogP contribution in [0.25, 0.3) is 11.2 Å². The molecule has 0 atom stereocenters. The van der Waals surface area contributed by atoms with Crippen molar-refractivity contribution in [2.45, 2.75) is 13.1 Å². The Morgan fingerprint density at radius 2 is 2.07 bits per heavy atom. The Balaban J connectivity index is 2.63. The molecule has 0 saturated carbocycles. The summed E-state index contributed by atoms with van der Waals surface area (Å²) >= 11 is 0. The van der Waals surface area contributed by atoms with Crippen molar-refractivity contribution in [3.8, 4) is 0 Å². The first kappa shape index (κ1) is 8.98. The van der Waals surface area contributed by atoms with E-state index in [1.807, 2.05) is 0 Å². The van der Waals surface area contributed by atoms with E-state index in [1.54, 1.807) is 13.0 Å². The maximum Gasteiger partial charge on any atom is 0.449 e. The summed E-state index contributed by atoms with van der Waals surface area (Å²) < 4.78 is 36.6. The van der Waals surface area contributed by atoms with Crippen LogP contribution in [0.3, 0.4) is 0 Å². The first-order valence-electron chi connectivity index (χ1n) is 3.86. The number of nitrogens with one attached hydrogen (secondary N) is 1. The molecule has 0 spiro atoms. The molecule has 0 radical (unpaired) electrons. The van der Waals surface area contributed by atoms with Gasteiger partial charge in [0, 0.05) is 6.20 Å². The summed E-state index contributed by atoms with van der Waals surface area (Å²) in [7, 11) is 0. The maximum atomic E-state index is 12.2. The first-order valence-corrected chi connectivity index (χ1v) is 3.86. The van der Waals surface area contributed by atoms with Gasteiger partial charge in [-0.2, -0.15) is 13.2 Å². The number of aromatic amines is 1. The third-order valence-electron chi connectivity index (χ3n) is 1.74. The fourth-order valence-electron chi connectivity index (χ4n) is 1.14. The highest BCUT2D eigenvalue weighted by Gasteiger charge is 2.34. The van der Waals surface area contributed by atoms with Gasteiger partial charge in [0.25, 0.3) is 0 Å². The number of hydrogen-bond donors (Lipinski definition) is 1. The molecule has 0 saturated heterocycles. The monoisotopic (exact) mass is 201 g/mol. The smallest absolute Gasteiger partial charge is 0.333 e. The van der Waals surface area contributed by atoms with E-state index in [0.29, 0.717) is 5.52 Å². The molecule has 14 heavy (non-hydrogen) atoms. The van der Waals surface area contributed by atoms with Crippen molar-refractivity contribution in [1.82, 2.24) is 15.0 Å². The molecule has 0 aromatic carbocycles. The molecule has 2 aromatic heterocycles. The minimum Gasteiger partial charge on any atom is -0.333 e. The summed E-state index contributed by atoms with van der Waals surface area (Å²) in [5.74, 6) is -1.01. The van der Waals surface area contributed by atoms with Gasteiger partial charge in [-0.1, -0.05) is 0 Å². The molecule has 6 heteroatoms. The number of nitrogens with zero attached hydrogens (tertiary/aromatic N) is 2. The standard InChI is InChI=1S/C8H6F3N3/c1-4-2-5-6(12-3-4)14-7(13-5)8(9,10)11/h2-3H,1H3,(H,12,13,14). The molecule has 0 aliphatic heterocycles. The van der Waals surface area contributed by atoms with Gasteiger partial charge in [0.2, 0.25) is 5.82 Å². The number of aromatic nitrogens is 3. The van der Waals surface area contributed by atoms with Gasteiger partial charge >= 0.3 is 6.18 Å². The van der Waals surface area contributed by atoms with Gasteiger partial charge in [0.15, 0.2) is 5.65 Å². The van der Waals surface area contributed by atoms with E-state index in [1.165, 1.54) is 6.20 Å². The van der Waals surface area contributed by atoms with Gasteiger partial charge in [-0.25, -0.2) is 9.97 Å². The summed E-state index contributed by atoms with van der Waals surface area (Å²) in [6, 6.07) is 1.57. The molecule has 74 valence electrons. The lowest BCUT2D eigenvalue weighted by Crippen LogP contribution is -2.06. The Bertz CT molecular complexity index is 472. The zero-order valence-electron chi connectivity index (χ0n) is 7.18. The van der Waals surface area contributed by atoms with Crippen LogP contribution in [0.4, 0.5) is 13.2 Å². The van der Waals surface area contributed by atoms with Crippen LogP contribution in [0.15, 0.2) is 12.3 Å². The van der Waals surface area contributed by atoms with E-state index in [0.717, 1.165) is 5.56 Å². The summed E-state index contributed by atoms with van der Waals surface area (Å²) in [5, 5.41) is 0. The van der Waals surface area contributed by atoms with E-state index < -0.39 is 12.0 Å². The molecule has 0 aliphatic carbocycles. The summed E-state index contributed by atoms with van der Waals surface area (Å²) in [5.41, 5.74) is 1.18. The summed E-state index contributed by atoms with van der Waals surface area (Å²) in [6.07, 6.45) is -2.97. The van der Waals surface area contributed by atoms with E-state index in [9.17, 15) is 13.2 Å². The number of H-pyrrole nitrogens is 1. The lowest BCUT2D eigenvalue weighted by Gasteiger charge is -1.98. The van der Waals surface area contributed by atoms with Gasteiger partial charge in [0.05, 0.1) is 5.52 Å². The minimum absolute atomic E-state index is 0.0860. The number of imidazole rings is 1. The predicted molar refractivity (Wildman–Crippen MR) is 43.6 cm³/mol. The van der Waals surface area contributed by atoms with Crippen LogP contribution >= 0.6 is 0 Å². The molecule has 2 heterocycles. The second-order valence-electron chi connectivity index (χ2n) is 2.97. The highest BCUT2D eigenvalue weighted by Crippen LogP contribution is 2.27. The van der Waals surface area contributed by atoms with Gasteiger partial charge in [-0.15, -0.1) is 0 Å². The van der Waals surface area contributed by atoms with Crippen molar-refractivity contribution in [2.24, 2.45) is 0 Å². The zero-order valence-corrected chi connectivity index (χ0v) is 7.18. The maximum absolute atomic E-state index is 12.2. The van der Waals surface area contributed by atoms with Crippen LogP contribution in [0.2, 0.25) is 0 Å². The highest BCUT2D eigenvalue weighted by molar-refractivity contribution is 5.71. The van der Waals surface area contributed by atoms with Crippen molar-refractivity contribution in [3.63, 3.8) is 0 Å². The average molecular weight is 201 g/mol.